The zero-order valence-electron chi connectivity index (χ0n) is 15.8. The van der Waals surface area contributed by atoms with Crippen molar-refractivity contribution in [1.82, 2.24) is 0 Å². The lowest BCUT2D eigenvalue weighted by molar-refractivity contribution is -0.153. The average Bonchev–Trinajstić information content (AvgIpc) is 2.95. The fourth-order valence-corrected chi connectivity index (χ4v) is 3.13. The number of ether oxygens (including phenoxy) is 3. The molecule has 3 rings (SSSR count). The lowest BCUT2D eigenvalue weighted by Crippen LogP contribution is -2.39. The number of phenolic OH excluding ortho intramolecular Hbond substituents is 3. The molecule has 0 aromatic heterocycles. The van der Waals surface area contributed by atoms with Crippen LogP contribution in [0.2, 0.25) is 0 Å². The number of ketones is 1. The maximum Gasteiger partial charge on any atom is 0.303 e. The molecule has 10 nitrogen and oxygen atoms in total. The van der Waals surface area contributed by atoms with Crippen molar-refractivity contribution >= 4 is 11.8 Å². The second kappa shape index (κ2) is 8.57. The molecule has 0 bridgehead atoms. The van der Waals surface area contributed by atoms with Crippen LogP contribution in [-0.2, 0) is 14.3 Å². The minimum atomic E-state index is -1.49. The summed E-state index contributed by atoms with van der Waals surface area (Å²) < 4.78 is 15.9. The van der Waals surface area contributed by atoms with E-state index in [0.717, 1.165) is 25.1 Å². The molecule has 2 aromatic rings. The molecule has 0 spiro atoms. The third-order valence-electron chi connectivity index (χ3n) is 4.41. The van der Waals surface area contributed by atoms with Gasteiger partial charge in [0.2, 0.25) is 12.1 Å². The molecule has 0 saturated carbocycles. The fourth-order valence-electron chi connectivity index (χ4n) is 3.13. The smallest absolute Gasteiger partial charge is 0.303 e. The molecular weight excluding hydrogens is 400 g/mol. The summed E-state index contributed by atoms with van der Waals surface area (Å²) in [5, 5.41) is 49.3. The lowest BCUT2D eigenvalue weighted by atomic mass is 10.0. The van der Waals surface area contributed by atoms with E-state index in [2.05, 4.69) is 0 Å². The molecule has 0 radical (unpaired) electrons. The van der Waals surface area contributed by atoms with Gasteiger partial charge in [-0.2, -0.15) is 0 Å². The van der Waals surface area contributed by atoms with Gasteiger partial charge in [0.15, 0.2) is 12.2 Å². The van der Waals surface area contributed by atoms with Gasteiger partial charge in [-0.05, 0) is 24.3 Å². The minimum Gasteiger partial charge on any atom is -0.508 e. The zero-order chi connectivity index (χ0) is 22.0. The Labute approximate surface area is 170 Å². The first-order chi connectivity index (χ1) is 14.2. The summed E-state index contributed by atoms with van der Waals surface area (Å²) in [5.41, 5.74) is -0.437. The highest BCUT2D eigenvalue weighted by atomic mass is 16.7. The molecule has 1 aliphatic rings. The molecule has 1 saturated heterocycles. The summed E-state index contributed by atoms with van der Waals surface area (Å²) in [5.74, 6) is -2.83. The van der Waals surface area contributed by atoms with Crippen molar-refractivity contribution in [2.24, 2.45) is 0 Å². The largest absolute Gasteiger partial charge is 0.508 e. The van der Waals surface area contributed by atoms with E-state index < -0.39 is 48.7 Å². The fraction of sp³-hybridized carbons (Fsp3) is 0.300. The first kappa shape index (κ1) is 21.4. The molecule has 10 heteroatoms. The van der Waals surface area contributed by atoms with Crippen molar-refractivity contribution in [2.75, 3.05) is 6.61 Å². The summed E-state index contributed by atoms with van der Waals surface area (Å²) in [6.45, 7) is 0.565. The van der Waals surface area contributed by atoms with Crippen LogP contribution >= 0.6 is 0 Å². The van der Waals surface area contributed by atoms with Crippen LogP contribution in [-0.4, -0.2) is 68.5 Å². The summed E-state index contributed by atoms with van der Waals surface area (Å²) in [6, 6.07) is 7.17. The first-order valence-electron chi connectivity index (χ1n) is 8.89. The Hall–Kier alpha value is -3.34. The third kappa shape index (κ3) is 4.30. The van der Waals surface area contributed by atoms with Crippen molar-refractivity contribution in [3.8, 4) is 23.0 Å². The zero-order valence-corrected chi connectivity index (χ0v) is 15.8. The van der Waals surface area contributed by atoms with Gasteiger partial charge in [-0.3, -0.25) is 9.59 Å². The minimum absolute atomic E-state index is 0.127. The number of aromatic hydroxyl groups is 3. The van der Waals surface area contributed by atoms with Gasteiger partial charge in [0.1, 0.15) is 34.7 Å². The molecule has 0 aliphatic carbocycles. The van der Waals surface area contributed by atoms with Crippen LogP contribution in [0.1, 0.15) is 22.8 Å². The Bertz CT molecular complexity index is 936. The number of aliphatic hydroxyl groups excluding tert-OH is 2. The van der Waals surface area contributed by atoms with Gasteiger partial charge in [-0.1, -0.05) is 6.07 Å². The number of aliphatic hydroxyl groups is 2. The number of phenols is 3. The van der Waals surface area contributed by atoms with Crippen molar-refractivity contribution in [1.29, 1.82) is 0 Å². The van der Waals surface area contributed by atoms with Crippen LogP contribution in [0, 0.1) is 0 Å². The highest BCUT2D eigenvalue weighted by Gasteiger charge is 2.47. The first-order valence-corrected chi connectivity index (χ1v) is 8.89. The number of carbonyl (C=O) groups excluding carboxylic acids is 2. The van der Waals surface area contributed by atoms with Crippen molar-refractivity contribution in [2.45, 2.75) is 31.5 Å². The van der Waals surface area contributed by atoms with Crippen molar-refractivity contribution < 1.29 is 49.3 Å². The van der Waals surface area contributed by atoms with Crippen molar-refractivity contribution in [3.63, 3.8) is 0 Å². The van der Waals surface area contributed by atoms with Gasteiger partial charge in [0, 0.05) is 18.6 Å². The predicted molar refractivity (Wildman–Crippen MR) is 99.2 cm³/mol. The number of carbonyl (C=O) groups is 2. The Kier molecular flexibility index (Phi) is 6.11. The van der Waals surface area contributed by atoms with E-state index in [1.54, 1.807) is 0 Å². The average molecular weight is 420 g/mol. The molecule has 5 N–H and O–H groups in total. The number of esters is 1. The molecule has 4 atom stereocenters. The van der Waals surface area contributed by atoms with E-state index in [9.17, 15) is 35.1 Å². The van der Waals surface area contributed by atoms with E-state index in [4.69, 9.17) is 14.2 Å². The van der Waals surface area contributed by atoms with Crippen LogP contribution < -0.4 is 4.74 Å². The van der Waals surface area contributed by atoms with E-state index in [1.807, 2.05) is 0 Å². The summed E-state index contributed by atoms with van der Waals surface area (Å²) >= 11 is 0. The topological polar surface area (TPSA) is 163 Å². The van der Waals surface area contributed by atoms with Crippen LogP contribution in [0.3, 0.4) is 0 Å². The van der Waals surface area contributed by atoms with Crippen LogP contribution in [0.15, 0.2) is 36.4 Å². The van der Waals surface area contributed by atoms with Crippen LogP contribution in [0.5, 0.6) is 23.0 Å². The van der Waals surface area contributed by atoms with E-state index in [-0.39, 0.29) is 28.4 Å². The predicted octanol–water partition coefficient (Wildman–Crippen LogP) is 0.423. The summed E-state index contributed by atoms with van der Waals surface area (Å²) in [7, 11) is 0. The standard InChI is InChI=1S/C20H20O10/c1-9(22)28-19-15(8-21)30-20(18(19)27)29-14-4-2-3-13(25)16(14)17(26)10-5-11(23)7-12(24)6-10/h2-7,15,18-21,23-25,27H,8H2,1H3/t15-,18+,19-,20+/m0/s1. The van der Waals surface area contributed by atoms with Gasteiger partial charge < -0.3 is 39.7 Å². The molecule has 160 valence electrons. The Balaban J connectivity index is 1.92. The highest BCUT2D eigenvalue weighted by Crippen LogP contribution is 2.35. The normalized spacial score (nSPS) is 23.2. The van der Waals surface area contributed by atoms with Gasteiger partial charge in [-0.25, -0.2) is 0 Å². The molecule has 0 amide bonds. The summed E-state index contributed by atoms with van der Waals surface area (Å²) in [4.78, 5) is 24.1. The molecule has 1 heterocycles. The van der Waals surface area contributed by atoms with Crippen LogP contribution in [0.4, 0.5) is 0 Å². The summed E-state index contributed by atoms with van der Waals surface area (Å²) in [6.07, 6.45) is -5.16. The molecule has 1 aliphatic heterocycles. The quantitative estimate of drug-likeness (QED) is 0.327. The Morgan fingerprint density at radius 2 is 1.77 bits per heavy atom. The second-order valence-electron chi connectivity index (χ2n) is 6.63. The van der Waals surface area contributed by atoms with E-state index >= 15 is 0 Å². The molecule has 1 fully saturated rings. The van der Waals surface area contributed by atoms with Gasteiger partial charge in [0.05, 0.1) is 6.61 Å². The van der Waals surface area contributed by atoms with Gasteiger partial charge in [-0.15, -0.1) is 0 Å². The number of rotatable bonds is 6. The van der Waals surface area contributed by atoms with Gasteiger partial charge >= 0.3 is 5.97 Å². The molecule has 30 heavy (non-hydrogen) atoms. The second-order valence-corrected chi connectivity index (χ2v) is 6.63. The maximum absolute atomic E-state index is 12.9. The Morgan fingerprint density at radius 1 is 1.10 bits per heavy atom. The Morgan fingerprint density at radius 3 is 2.37 bits per heavy atom. The molecular formula is C20H20O10. The molecule has 0 unspecified atom stereocenters. The third-order valence-corrected chi connectivity index (χ3v) is 4.41. The lowest BCUT2D eigenvalue weighted by Gasteiger charge is -2.20. The number of hydrogen-bond acceptors (Lipinski definition) is 10. The van der Waals surface area contributed by atoms with E-state index in [1.165, 1.54) is 18.2 Å². The van der Waals surface area contributed by atoms with E-state index in [0.29, 0.717) is 0 Å². The maximum atomic E-state index is 12.9. The molecule has 2 aromatic carbocycles. The highest BCUT2D eigenvalue weighted by molar-refractivity contribution is 6.12. The van der Waals surface area contributed by atoms with Gasteiger partial charge in [0.25, 0.3) is 0 Å². The SMILES string of the molecule is CC(=O)O[C@@H]1[C@@H](O)[C@H](Oc2cccc(O)c2C(=O)c2cc(O)cc(O)c2)O[C@H]1CO. The van der Waals surface area contributed by atoms with Crippen molar-refractivity contribution in [3.05, 3.63) is 47.5 Å². The number of hydrogen-bond donors (Lipinski definition) is 5. The monoisotopic (exact) mass is 420 g/mol. The van der Waals surface area contributed by atoms with Crippen LogP contribution in [0.25, 0.3) is 0 Å². The number of benzene rings is 2.